The molecule has 20 heavy (non-hydrogen) atoms. The number of ether oxygens (including phenoxy) is 1. The number of nitrogens with zero attached hydrogens (tertiary/aromatic N) is 1. The normalized spacial score (nSPS) is 10.8. The highest BCUT2D eigenvalue weighted by molar-refractivity contribution is 5.99. The van der Waals surface area contributed by atoms with E-state index in [1.165, 1.54) is 22.2 Å². The molecule has 0 aliphatic carbocycles. The number of aromatic nitrogens is 1. The second-order valence-corrected chi connectivity index (χ2v) is 5.14. The lowest BCUT2D eigenvalue weighted by Gasteiger charge is -2.18. The molecule has 0 atom stereocenters. The van der Waals surface area contributed by atoms with Gasteiger partial charge in [0, 0.05) is 23.3 Å². The number of hydrogen-bond acceptors (Lipinski definition) is 3. The van der Waals surface area contributed by atoms with Crippen LogP contribution in [-0.4, -0.2) is 18.6 Å². The van der Waals surface area contributed by atoms with E-state index in [4.69, 9.17) is 9.72 Å². The molecule has 3 heteroatoms. The summed E-state index contributed by atoms with van der Waals surface area (Å²) in [6.45, 7) is 9.56. The van der Waals surface area contributed by atoms with Crippen LogP contribution in [0.15, 0.2) is 12.1 Å². The minimum absolute atomic E-state index is 0.843. The van der Waals surface area contributed by atoms with Gasteiger partial charge < -0.3 is 10.1 Å². The molecule has 0 amide bonds. The van der Waals surface area contributed by atoms with Crippen molar-refractivity contribution in [2.75, 3.05) is 19.0 Å². The quantitative estimate of drug-likeness (QED) is 0.883. The van der Waals surface area contributed by atoms with E-state index in [9.17, 15) is 0 Å². The minimum Gasteiger partial charge on any atom is -0.494 e. The van der Waals surface area contributed by atoms with Crippen LogP contribution in [0.2, 0.25) is 0 Å². The smallest absolute Gasteiger partial charge is 0.145 e. The number of pyridine rings is 1. The van der Waals surface area contributed by atoms with Crippen LogP contribution >= 0.6 is 0 Å². The van der Waals surface area contributed by atoms with Crippen LogP contribution in [0.3, 0.4) is 0 Å². The van der Waals surface area contributed by atoms with E-state index >= 15 is 0 Å². The molecule has 0 bridgehead atoms. The van der Waals surface area contributed by atoms with E-state index in [1.807, 2.05) is 6.07 Å². The van der Waals surface area contributed by atoms with Crippen LogP contribution in [0, 0.1) is 13.8 Å². The zero-order valence-electron chi connectivity index (χ0n) is 13.1. The lowest BCUT2D eigenvalue weighted by molar-refractivity contribution is 0.418. The molecule has 2 aromatic rings. The molecule has 1 aromatic heterocycles. The summed E-state index contributed by atoms with van der Waals surface area (Å²) in [5.74, 6) is 0.843. The van der Waals surface area contributed by atoms with Crippen molar-refractivity contribution in [1.29, 1.82) is 0 Å². The Morgan fingerprint density at radius 3 is 2.55 bits per heavy atom. The molecule has 0 radical (unpaired) electrons. The number of fused-ring (bicyclic) bond motifs is 1. The number of rotatable bonds is 5. The van der Waals surface area contributed by atoms with E-state index in [1.54, 1.807) is 7.11 Å². The summed E-state index contributed by atoms with van der Waals surface area (Å²) in [4.78, 5) is 4.78. The SMILES string of the molecule is CCCNc1c(CC)c(C)nc2c(OC)ccc(C)c12. The van der Waals surface area contributed by atoms with Crippen molar-refractivity contribution >= 4 is 16.6 Å². The Morgan fingerprint density at radius 1 is 1.20 bits per heavy atom. The molecule has 0 spiro atoms. The molecule has 2 rings (SSSR count). The third-order valence-corrected chi connectivity index (χ3v) is 3.74. The maximum absolute atomic E-state index is 5.48. The lowest BCUT2D eigenvalue weighted by Crippen LogP contribution is -2.07. The summed E-state index contributed by atoms with van der Waals surface area (Å²) in [7, 11) is 1.70. The van der Waals surface area contributed by atoms with Crippen LogP contribution in [0.4, 0.5) is 5.69 Å². The maximum atomic E-state index is 5.48. The Balaban J connectivity index is 2.81. The van der Waals surface area contributed by atoms with E-state index in [-0.39, 0.29) is 0 Å². The Kier molecular flexibility index (Phi) is 4.48. The van der Waals surface area contributed by atoms with Crippen LogP contribution in [0.5, 0.6) is 5.75 Å². The number of hydrogen-bond donors (Lipinski definition) is 1. The lowest BCUT2D eigenvalue weighted by atomic mass is 10.00. The number of aryl methyl sites for hydroxylation is 2. The molecule has 3 nitrogen and oxygen atoms in total. The Labute approximate surface area is 121 Å². The van der Waals surface area contributed by atoms with Crippen molar-refractivity contribution in [2.24, 2.45) is 0 Å². The fraction of sp³-hybridized carbons (Fsp3) is 0.471. The van der Waals surface area contributed by atoms with Crippen molar-refractivity contribution in [3.8, 4) is 5.75 Å². The minimum atomic E-state index is 0.843. The summed E-state index contributed by atoms with van der Waals surface area (Å²) < 4.78 is 5.48. The zero-order valence-corrected chi connectivity index (χ0v) is 13.1. The monoisotopic (exact) mass is 272 g/mol. The molecule has 0 aliphatic heterocycles. The average Bonchev–Trinajstić information content (AvgIpc) is 2.44. The fourth-order valence-electron chi connectivity index (χ4n) is 2.71. The first kappa shape index (κ1) is 14.6. The van der Waals surface area contributed by atoms with Gasteiger partial charge in [-0.05, 0) is 43.9 Å². The summed E-state index contributed by atoms with van der Waals surface area (Å²) in [6.07, 6.45) is 2.09. The summed E-state index contributed by atoms with van der Waals surface area (Å²) >= 11 is 0. The first-order valence-electron chi connectivity index (χ1n) is 7.34. The van der Waals surface area contributed by atoms with Gasteiger partial charge >= 0.3 is 0 Å². The molecule has 0 unspecified atom stereocenters. The highest BCUT2D eigenvalue weighted by Gasteiger charge is 2.15. The molecule has 1 N–H and O–H groups in total. The van der Waals surface area contributed by atoms with Gasteiger partial charge in [-0.3, -0.25) is 0 Å². The molecule has 1 heterocycles. The maximum Gasteiger partial charge on any atom is 0.145 e. The largest absolute Gasteiger partial charge is 0.494 e. The van der Waals surface area contributed by atoms with Gasteiger partial charge in [-0.15, -0.1) is 0 Å². The van der Waals surface area contributed by atoms with Crippen molar-refractivity contribution in [1.82, 2.24) is 4.98 Å². The van der Waals surface area contributed by atoms with E-state index < -0.39 is 0 Å². The third kappa shape index (κ3) is 2.45. The molecule has 108 valence electrons. The second kappa shape index (κ2) is 6.12. The first-order chi connectivity index (χ1) is 9.63. The Bertz CT molecular complexity index is 620. The molecule has 0 fully saturated rings. The van der Waals surface area contributed by atoms with Crippen molar-refractivity contribution < 1.29 is 4.74 Å². The van der Waals surface area contributed by atoms with E-state index in [0.29, 0.717) is 0 Å². The van der Waals surface area contributed by atoms with Crippen molar-refractivity contribution in [2.45, 2.75) is 40.5 Å². The second-order valence-electron chi connectivity index (χ2n) is 5.14. The number of nitrogens with one attached hydrogen (secondary N) is 1. The van der Waals surface area contributed by atoms with Crippen LogP contribution < -0.4 is 10.1 Å². The van der Waals surface area contributed by atoms with E-state index in [2.05, 4.69) is 39.1 Å². The average molecular weight is 272 g/mol. The van der Waals surface area contributed by atoms with Gasteiger partial charge in [0.05, 0.1) is 7.11 Å². The summed E-state index contributed by atoms with van der Waals surface area (Å²) in [5.41, 5.74) is 5.82. The highest BCUT2D eigenvalue weighted by atomic mass is 16.5. The highest BCUT2D eigenvalue weighted by Crippen LogP contribution is 2.35. The zero-order chi connectivity index (χ0) is 14.7. The van der Waals surface area contributed by atoms with Gasteiger partial charge in [0.2, 0.25) is 0 Å². The standard InChI is InChI=1S/C17H24N2O/c1-6-10-18-16-13(7-2)12(4)19-17-14(20-5)9-8-11(3)15(16)17/h8-9H,6-7,10H2,1-5H3,(H,18,19). The molecule has 1 aromatic carbocycles. The van der Waals surface area contributed by atoms with Gasteiger partial charge in [0.25, 0.3) is 0 Å². The molecular formula is C17H24N2O. The Hall–Kier alpha value is -1.77. The van der Waals surface area contributed by atoms with Crippen molar-refractivity contribution in [3.63, 3.8) is 0 Å². The van der Waals surface area contributed by atoms with Crippen LogP contribution in [0.25, 0.3) is 10.9 Å². The van der Waals surface area contributed by atoms with Crippen molar-refractivity contribution in [3.05, 3.63) is 29.0 Å². The van der Waals surface area contributed by atoms with Gasteiger partial charge in [-0.25, -0.2) is 4.98 Å². The van der Waals surface area contributed by atoms with Gasteiger partial charge in [-0.1, -0.05) is 19.9 Å². The number of methoxy groups -OCH3 is 1. The van der Waals surface area contributed by atoms with Gasteiger partial charge in [-0.2, -0.15) is 0 Å². The van der Waals surface area contributed by atoms with E-state index in [0.717, 1.165) is 36.3 Å². The topological polar surface area (TPSA) is 34.2 Å². The third-order valence-electron chi connectivity index (χ3n) is 3.74. The van der Waals surface area contributed by atoms with Crippen LogP contribution in [-0.2, 0) is 6.42 Å². The number of benzene rings is 1. The number of anilines is 1. The fourth-order valence-corrected chi connectivity index (χ4v) is 2.71. The molecule has 0 saturated heterocycles. The van der Waals surface area contributed by atoms with Gasteiger partial charge in [0.1, 0.15) is 11.3 Å². The molecular weight excluding hydrogens is 248 g/mol. The predicted molar refractivity (Wildman–Crippen MR) is 85.9 cm³/mol. The van der Waals surface area contributed by atoms with Gasteiger partial charge in [0.15, 0.2) is 0 Å². The molecule has 0 saturated carbocycles. The summed E-state index contributed by atoms with van der Waals surface area (Å²) in [5, 5.41) is 4.79. The molecule has 0 aliphatic rings. The predicted octanol–water partition coefficient (Wildman–Crippen LogP) is 4.24. The summed E-state index contributed by atoms with van der Waals surface area (Å²) in [6, 6.07) is 4.11. The first-order valence-corrected chi connectivity index (χ1v) is 7.34. The Morgan fingerprint density at radius 2 is 1.95 bits per heavy atom. The van der Waals surface area contributed by atoms with Crippen LogP contribution in [0.1, 0.15) is 37.1 Å².